The largest absolute Gasteiger partial charge is 0.349 e. The van der Waals surface area contributed by atoms with Gasteiger partial charge in [0.05, 0.1) is 6.54 Å². The van der Waals surface area contributed by atoms with Crippen LogP contribution in [0.1, 0.15) is 17.3 Å². The smallest absolute Gasteiger partial charge is 0.223 e. The van der Waals surface area contributed by atoms with Crippen LogP contribution in [-0.2, 0) is 13.1 Å². The van der Waals surface area contributed by atoms with Gasteiger partial charge in [-0.25, -0.2) is 0 Å². The minimum Gasteiger partial charge on any atom is -0.349 e. The molecule has 112 valence electrons. The zero-order valence-corrected chi connectivity index (χ0v) is 13.1. The van der Waals surface area contributed by atoms with Crippen molar-refractivity contribution in [1.82, 2.24) is 20.4 Å². The molecule has 0 fully saturated rings. The van der Waals surface area contributed by atoms with E-state index in [1.807, 2.05) is 36.2 Å². The molecule has 2 aromatic rings. The van der Waals surface area contributed by atoms with Crippen LogP contribution in [0.4, 0.5) is 0 Å². The number of nitrogens with zero attached hydrogens (tertiary/aromatic N) is 4. The molecule has 1 aromatic heterocycles. The fraction of sp³-hybridized carbons (Fsp3) is 0.357. The zero-order chi connectivity index (χ0) is 15.2. The molecule has 7 heteroatoms. The highest BCUT2D eigenvalue weighted by molar-refractivity contribution is 6.30. The fourth-order valence-electron chi connectivity index (χ4n) is 1.94. The van der Waals surface area contributed by atoms with Gasteiger partial charge < -0.3 is 14.7 Å². The first-order chi connectivity index (χ1) is 10.1. The van der Waals surface area contributed by atoms with Gasteiger partial charge in [-0.1, -0.05) is 28.9 Å². The molecule has 0 unspecified atom stereocenters. The summed E-state index contributed by atoms with van der Waals surface area (Å²) < 4.78 is 4.93. The Labute approximate surface area is 128 Å². The summed E-state index contributed by atoms with van der Waals surface area (Å²) in [6.07, 6.45) is 0. The second-order valence-corrected chi connectivity index (χ2v) is 5.05. The number of nitrogens with one attached hydrogen (secondary N) is 1. The topological polar surface area (TPSA) is 66.5 Å². The van der Waals surface area contributed by atoms with Crippen LogP contribution in [0.25, 0.3) is 0 Å². The summed E-state index contributed by atoms with van der Waals surface area (Å²) >= 11 is 5.99. The van der Waals surface area contributed by atoms with Crippen molar-refractivity contribution in [2.75, 3.05) is 14.1 Å². The molecule has 0 bridgehead atoms. The molecule has 0 aliphatic carbocycles. The Balaban J connectivity index is 1.94. The first-order valence-electron chi connectivity index (χ1n) is 6.54. The molecule has 0 aliphatic rings. The van der Waals surface area contributed by atoms with Crippen LogP contribution in [0.5, 0.6) is 0 Å². The van der Waals surface area contributed by atoms with Gasteiger partial charge in [0.2, 0.25) is 5.89 Å². The third kappa shape index (κ3) is 4.46. The molecule has 0 radical (unpaired) electrons. The Morgan fingerprint density at radius 3 is 2.90 bits per heavy atom. The summed E-state index contributed by atoms with van der Waals surface area (Å²) in [7, 11) is 3.69. The standard InChI is InChI=1S/C14H18ClN5O/c1-10-18-13(19-21-10)8-17-14(16-2)20(3)9-11-5-4-6-12(15)7-11/h4-7H,8-9H2,1-3H3,(H,16,17). The molecule has 1 N–H and O–H groups in total. The Kier molecular flexibility index (Phi) is 5.16. The van der Waals surface area contributed by atoms with Crippen LogP contribution in [0.3, 0.4) is 0 Å². The highest BCUT2D eigenvalue weighted by Crippen LogP contribution is 2.12. The van der Waals surface area contributed by atoms with Gasteiger partial charge >= 0.3 is 0 Å². The Hall–Kier alpha value is -2.08. The van der Waals surface area contributed by atoms with E-state index in [4.69, 9.17) is 16.1 Å². The van der Waals surface area contributed by atoms with Gasteiger partial charge in [-0.2, -0.15) is 4.98 Å². The summed E-state index contributed by atoms with van der Waals surface area (Å²) in [5, 5.41) is 7.76. The Morgan fingerprint density at radius 1 is 1.48 bits per heavy atom. The number of rotatable bonds is 4. The Morgan fingerprint density at radius 2 is 2.29 bits per heavy atom. The maximum atomic E-state index is 5.99. The van der Waals surface area contributed by atoms with E-state index >= 15 is 0 Å². The summed E-state index contributed by atoms with van der Waals surface area (Å²) in [5.41, 5.74) is 1.11. The van der Waals surface area contributed by atoms with Crippen LogP contribution in [0.2, 0.25) is 5.02 Å². The molecule has 0 amide bonds. The lowest BCUT2D eigenvalue weighted by Crippen LogP contribution is -2.38. The lowest BCUT2D eigenvalue weighted by molar-refractivity contribution is 0.386. The molecule has 0 spiro atoms. The van der Waals surface area contributed by atoms with E-state index in [0.717, 1.165) is 16.5 Å². The molecule has 1 aromatic carbocycles. The molecule has 0 saturated heterocycles. The van der Waals surface area contributed by atoms with E-state index in [1.165, 1.54) is 0 Å². The number of halogens is 1. The first kappa shape index (κ1) is 15.3. The maximum absolute atomic E-state index is 5.99. The monoisotopic (exact) mass is 307 g/mol. The van der Waals surface area contributed by atoms with Gasteiger partial charge in [0, 0.05) is 32.6 Å². The van der Waals surface area contributed by atoms with Crippen molar-refractivity contribution in [2.45, 2.75) is 20.0 Å². The number of benzene rings is 1. The van der Waals surface area contributed by atoms with Gasteiger partial charge in [-0.05, 0) is 17.7 Å². The van der Waals surface area contributed by atoms with Gasteiger partial charge in [-0.3, -0.25) is 4.99 Å². The number of guanidine groups is 1. The van der Waals surface area contributed by atoms with E-state index in [1.54, 1.807) is 14.0 Å². The fourth-order valence-corrected chi connectivity index (χ4v) is 2.15. The normalized spacial score (nSPS) is 11.5. The molecule has 0 atom stereocenters. The summed E-state index contributed by atoms with van der Waals surface area (Å²) in [5.74, 6) is 1.90. The summed E-state index contributed by atoms with van der Waals surface area (Å²) in [4.78, 5) is 10.4. The van der Waals surface area contributed by atoms with Gasteiger partial charge in [0.15, 0.2) is 11.8 Å². The first-order valence-corrected chi connectivity index (χ1v) is 6.91. The number of aliphatic imine (C=N–C) groups is 1. The molecule has 2 rings (SSSR count). The van der Waals surface area contributed by atoms with E-state index in [-0.39, 0.29) is 0 Å². The SMILES string of the molecule is CN=C(NCc1noc(C)n1)N(C)Cc1cccc(Cl)c1. The molecular formula is C14H18ClN5O. The molecule has 0 aliphatic heterocycles. The highest BCUT2D eigenvalue weighted by Gasteiger charge is 2.09. The molecule has 0 saturated carbocycles. The average molecular weight is 308 g/mol. The van der Waals surface area contributed by atoms with Crippen molar-refractivity contribution < 1.29 is 4.52 Å². The Bertz CT molecular complexity index is 625. The lowest BCUT2D eigenvalue weighted by Gasteiger charge is -2.21. The predicted molar refractivity (Wildman–Crippen MR) is 82.2 cm³/mol. The highest BCUT2D eigenvalue weighted by atomic mass is 35.5. The van der Waals surface area contributed by atoms with Crippen LogP contribution >= 0.6 is 11.6 Å². The molecule has 6 nitrogen and oxygen atoms in total. The minimum atomic E-state index is 0.462. The second-order valence-electron chi connectivity index (χ2n) is 4.62. The van der Waals surface area contributed by atoms with Gasteiger partial charge in [0.1, 0.15) is 0 Å². The third-order valence-corrected chi connectivity index (χ3v) is 3.09. The van der Waals surface area contributed by atoms with Crippen LogP contribution < -0.4 is 5.32 Å². The van der Waals surface area contributed by atoms with Crippen molar-refractivity contribution in [2.24, 2.45) is 4.99 Å². The van der Waals surface area contributed by atoms with E-state index in [0.29, 0.717) is 24.8 Å². The van der Waals surface area contributed by atoms with Crippen LogP contribution in [0.15, 0.2) is 33.8 Å². The van der Waals surface area contributed by atoms with Crippen LogP contribution in [-0.4, -0.2) is 35.1 Å². The van der Waals surface area contributed by atoms with E-state index in [2.05, 4.69) is 20.4 Å². The van der Waals surface area contributed by atoms with Crippen molar-refractivity contribution in [3.05, 3.63) is 46.6 Å². The number of hydrogen-bond acceptors (Lipinski definition) is 4. The zero-order valence-electron chi connectivity index (χ0n) is 12.3. The van der Waals surface area contributed by atoms with Crippen molar-refractivity contribution in [1.29, 1.82) is 0 Å². The molecular weight excluding hydrogens is 290 g/mol. The molecule has 21 heavy (non-hydrogen) atoms. The maximum Gasteiger partial charge on any atom is 0.223 e. The number of hydrogen-bond donors (Lipinski definition) is 1. The van der Waals surface area contributed by atoms with Crippen molar-refractivity contribution in [3.63, 3.8) is 0 Å². The molecule has 1 heterocycles. The van der Waals surface area contributed by atoms with Gasteiger partial charge in [0.25, 0.3) is 0 Å². The van der Waals surface area contributed by atoms with Crippen LogP contribution in [0, 0.1) is 6.92 Å². The third-order valence-electron chi connectivity index (χ3n) is 2.86. The van der Waals surface area contributed by atoms with Crippen molar-refractivity contribution in [3.8, 4) is 0 Å². The average Bonchev–Trinajstić information content (AvgIpc) is 2.85. The summed E-state index contributed by atoms with van der Waals surface area (Å²) in [6, 6.07) is 7.76. The minimum absolute atomic E-state index is 0.462. The van der Waals surface area contributed by atoms with E-state index in [9.17, 15) is 0 Å². The number of aromatic nitrogens is 2. The number of aryl methyl sites for hydroxylation is 1. The van der Waals surface area contributed by atoms with Crippen molar-refractivity contribution >= 4 is 17.6 Å². The van der Waals surface area contributed by atoms with Gasteiger partial charge in [-0.15, -0.1) is 0 Å². The summed E-state index contributed by atoms with van der Waals surface area (Å²) in [6.45, 7) is 2.92. The quantitative estimate of drug-likeness (QED) is 0.693. The lowest BCUT2D eigenvalue weighted by atomic mass is 10.2. The second kappa shape index (κ2) is 7.08. The predicted octanol–water partition coefficient (Wildman–Crippen LogP) is 2.24. The van der Waals surface area contributed by atoms with E-state index < -0.39 is 0 Å².